The van der Waals surface area contributed by atoms with Crippen molar-refractivity contribution in [3.05, 3.63) is 23.2 Å². The van der Waals surface area contributed by atoms with E-state index in [4.69, 9.17) is 5.11 Å². The van der Waals surface area contributed by atoms with Crippen molar-refractivity contribution in [1.29, 1.82) is 0 Å². The van der Waals surface area contributed by atoms with Crippen LogP contribution in [-0.2, 0) is 14.4 Å². The molecule has 138 valence electrons. The Morgan fingerprint density at radius 1 is 1.42 bits per heavy atom. The number of nitrogens with zero attached hydrogens (tertiary/aromatic N) is 2. The van der Waals surface area contributed by atoms with E-state index in [2.05, 4.69) is 10.3 Å². The van der Waals surface area contributed by atoms with Crippen LogP contribution in [-0.4, -0.2) is 51.7 Å². The van der Waals surface area contributed by atoms with E-state index in [9.17, 15) is 19.5 Å². The fourth-order valence-electron chi connectivity index (χ4n) is 2.99. The van der Waals surface area contributed by atoms with Gasteiger partial charge in [-0.25, -0.2) is 9.78 Å². The SMILES string of the molecule is Cc1nc2cc(N3CC(C(=O)NC(C(=O)O)C(C)O)CC3=O)ccc2s1. The molecule has 1 fully saturated rings. The molecule has 0 radical (unpaired) electrons. The van der Waals surface area contributed by atoms with E-state index in [1.165, 1.54) is 11.8 Å². The summed E-state index contributed by atoms with van der Waals surface area (Å²) in [5.41, 5.74) is 1.46. The van der Waals surface area contributed by atoms with Crippen LogP contribution in [0.4, 0.5) is 5.69 Å². The number of aromatic nitrogens is 1. The first-order valence-corrected chi connectivity index (χ1v) is 8.96. The highest BCUT2D eigenvalue weighted by Crippen LogP contribution is 2.30. The third-order valence-corrected chi connectivity index (χ3v) is 5.28. The van der Waals surface area contributed by atoms with Crippen LogP contribution in [0.1, 0.15) is 18.4 Å². The maximum atomic E-state index is 12.3. The largest absolute Gasteiger partial charge is 0.480 e. The molecule has 1 aromatic heterocycles. The number of carboxylic acids is 1. The molecule has 0 bridgehead atoms. The molecule has 8 nitrogen and oxygen atoms in total. The average Bonchev–Trinajstić information content (AvgIpc) is 3.12. The summed E-state index contributed by atoms with van der Waals surface area (Å²) in [4.78, 5) is 41.7. The molecule has 2 heterocycles. The molecule has 0 saturated carbocycles. The minimum Gasteiger partial charge on any atom is -0.480 e. The normalized spacial score (nSPS) is 19.6. The van der Waals surface area contributed by atoms with E-state index in [0.717, 1.165) is 15.2 Å². The molecule has 0 spiro atoms. The predicted octanol–water partition coefficient (Wildman–Crippen LogP) is 0.908. The van der Waals surface area contributed by atoms with Crippen molar-refractivity contribution >= 4 is 45.0 Å². The third kappa shape index (κ3) is 3.54. The molecule has 1 aliphatic rings. The van der Waals surface area contributed by atoms with Crippen LogP contribution >= 0.6 is 11.3 Å². The lowest BCUT2D eigenvalue weighted by atomic mass is 10.1. The Morgan fingerprint density at radius 3 is 2.81 bits per heavy atom. The number of carboxylic acid groups (broad SMARTS) is 1. The Kier molecular flexibility index (Phi) is 4.92. The van der Waals surface area contributed by atoms with Crippen LogP contribution in [0, 0.1) is 12.8 Å². The van der Waals surface area contributed by atoms with E-state index in [-0.39, 0.29) is 18.9 Å². The molecule has 3 atom stereocenters. The lowest BCUT2D eigenvalue weighted by Gasteiger charge is -2.20. The van der Waals surface area contributed by atoms with Crippen LogP contribution < -0.4 is 10.2 Å². The molecule has 2 amide bonds. The zero-order valence-corrected chi connectivity index (χ0v) is 15.1. The minimum atomic E-state index is -1.40. The van der Waals surface area contributed by atoms with E-state index < -0.39 is 29.9 Å². The third-order valence-electron chi connectivity index (χ3n) is 4.33. The number of anilines is 1. The number of rotatable bonds is 5. The number of aryl methyl sites for hydroxylation is 1. The number of carbonyl (C=O) groups excluding carboxylic acids is 2. The number of aliphatic hydroxyl groups excluding tert-OH is 1. The number of hydrogen-bond donors (Lipinski definition) is 3. The summed E-state index contributed by atoms with van der Waals surface area (Å²) in [5.74, 6) is -2.75. The van der Waals surface area contributed by atoms with Gasteiger partial charge in [0.1, 0.15) is 0 Å². The number of fused-ring (bicyclic) bond motifs is 1. The van der Waals surface area contributed by atoms with Gasteiger partial charge in [-0.3, -0.25) is 9.59 Å². The van der Waals surface area contributed by atoms with Crippen molar-refractivity contribution in [1.82, 2.24) is 10.3 Å². The summed E-state index contributed by atoms with van der Waals surface area (Å²) in [7, 11) is 0. The van der Waals surface area contributed by atoms with Crippen LogP contribution in [0.3, 0.4) is 0 Å². The Morgan fingerprint density at radius 2 is 2.15 bits per heavy atom. The quantitative estimate of drug-likeness (QED) is 0.712. The molecule has 3 N–H and O–H groups in total. The van der Waals surface area contributed by atoms with Gasteiger partial charge in [-0.15, -0.1) is 11.3 Å². The highest BCUT2D eigenvalue weighted by atomic mass is 32.1. The summed E-state index contributed by atoms with van der Waals surface area (Å²) in [6, 6.07) is 4.12. The number of carbonyl (C=O) groups is 3. The lowest BCUT2D eigenvalue weighted by Crippen LogP contribution is -2.49. The topological polar surface area (TPSA) is 120 Å². The summed E-state index contributed by atoms with van der Waals surface area (Å²) in [6.45, 7) is 3.36. The number of aliphatic hydroxyl groups is 1. The fourth-order valence-corrected chi connectivity index (χ4v) is 3.80. The molecular formula is C17H19N3O5S. The van der Waals surface area contributed by atoms with Gasteiger partial charge in [-0.2, -0.15) is 0 Å². The van der Waals surface area contributed by atoms with E-state index in [1.807, 2.05) is 25.1 Å². The van der Waals surface area contributed by atoms with Gasteiger partial charge in [0, 0.05) is 18.7 Å². The molecule has 26 heavy (non-hydrogen) atoms. The van der Waals surface area contributed by atoms with Crippen LogP contribution in [0.25, 0.3) is 10.2 Å². The van der Waals surface area contributed by atoms with Gasteiger partial charge in [0.15, 0.2) is 6.04 Å². The van der Waals surface area contributed by atoms with Gasteiger partial charge in [0.05, 0.1) is 27.2 Å². The highest BCUT2D eigenvalue weighted by molar-refractivity contribution is 7.18. The van der Waals surface area contributed by atoms with Crippen molar-refractivity contribution in [2.24, 2.45) is 5.92 Å². The summed E-state index contributed by atoms with van der Waals surface area (Å²) < 4.78 is 1.02. The van der Waals surface area contributed by atoms with Crippen molar-refractivity contribution in [3.8, 4) is 0 Å². The summed E-state index contributed by atoms with van der Waals surface area (Å²) in [6.07, 6.45) is -1.24. The number of hydrogen-bond acceptors (Lipinski definition) is 6. The van der Waals surface area contributed by atoms with Crippen LogP contribution in [0.5, 0.6) is 0 Å². The van der Waals surface area contributed by atoms with Crippen molar-refractivity contribution in [3.63, 3.8) is 0 Å². The number of nitrogens with one attached hydrogen (secondary N) is 1. The smallest absolute Gasteiger partial charge is 0.328 e. The van der Waals surface area contributed by atoms with Crippen LogP contribution in [0.15, 0.2) is 18.2 Å². The second kappa shape index (κ2) is 7.00. The van der Waals surface area contributed by atoms with Gasteiger partial charge in [0.2, 0.25) is 11.8 Å². The standard InChI is InChI=1S/C17H19N3O5S/c1-8(21)15(17(24)25)19-16(23)10-5-14(22)20(7-10)11-3-4-13-12(6-11)18-9(2)26-13/h3-4,6,8,10,15,21H,5,7H2,1-2H3,(H,19,23)(H,24,25). The van der Waals surface area contributed by atoms with Gasteiger partial charge in [0.25, 0.3) is 0 Å². The Labute approximate surface area is 153 Å². The molecule has 3 rings (SSSR count). The first kappa shape index (κ1) is 18.3. The van der Waals surface area contributed by atoms with Gasteiger partial charge in [-0.05, 0) is 32.0 Å². The molecule has 1 aliphatic heterocycles. The maximum absolute atomic E-state index is 12.3. The molecule has 3 unspecified atom stereocenters. The van der Waals surface area contributed by atoms with Crippen molar-refractivity contribution in [2.75, 3.05) is 11.4 Å². The number of benzene rings is 1. The van der Waals surface area contributed by atoms with E-state index in [1.54, 1.807) is 11.3 Å². The van der Waals surface area contributed by atoms with Crippen LogP contribution in [0.2, 0.25) is 0 Å². The molecule has 9 heteroatoms. The monoisotopic (exact) mass is 377 g/mol. The minimum absolute atomic E-state index is 0.00783. The number of aliphatic carboxylic acids is 1. The van der Waals surface area contributed by atoms with E-state index >= 15 is 0 Å². The summed E-state index contributed by atoms with van der Waals surface area (Å²) >= 11 is 1.56. The highest BCUT2D eigenvalue weighted by Gasteiger charge is 2.37. The second-order valence-electron chi connectivity index (χ2n) is 6.36. The Bertz CT molecular complexity index is 878. The van der Waals surface area contributed by atoms with Crippen molar-refractivity contribution in [2.45, 2.75) is 32.4 Å². The molecule has 1 aromatic carbocycles. The lowest BCUT2D eigenvalue weighted by molar-refractivity contribution is -0.145. The van der Waals surface area contributed by atoms with Gasteiger partial charge >= 0.3 is 5.97 Å². The zero-order valence-electron chi connectivity index (χ0n) is 14.3. The molecular weight excluding hydrogens is 358 g/mol. The first-order chi connectivity index (χ1) is 12.3. The summed E-state index contributed by atoms with van der Waals surface area (Å²) in [5, 5.41) is 21.8. The predicted molar refractivity (Wildman–Crippen MR) is 96.1 cm³/mol. The van der Waals surface area contributed by atoms with Gasteiger partial charge in [-0.1, -0.05) is 0 Å². The fraction of sp³-hybridized carbons (Fsp3) is 0.412. The van der Waals surface area contributed by atoms with Gasteiger partial charge < -0.3 is 20.4 Å². The number of thiazole rings is 1. The molecule has 0 aliphatic carbocycles. The van der Waals surface area contributed by atoms with E-state index in [0.29, 0.717) is 5.69 Å². The molecule has 2 aromatic rings. The Hall–Kier alpha value is -2.52. The zero-order chi connectivity index (χ0) is 19.0. The molecule has 1 saturated heterocycles. The average molecular weight is 377 g/mol. The first-order valence-electron chi connectivity index (χ1n) is 8.15. The Balaban J connectivity index is 1.74. The van der Waals surface area contributed by atoms with Crippen molar-refractivity contribution < 1.29 is 24.6 Å². The maximum Gasteiger partial charge on any atom is 0.328 e. The second-order valence-corrected chi connectivity index (χ2v) is 7.59. The number of amides is 2.